The number of nitrogens with one attached hydrogen (secondary N) is 1. The predicted molar refractivity (Wildman–Crippen MR) is 71.2 cm³/mol. The third kappa shape index (κ3) is 3.96. The summed E-state index contributed by atoms with van der Waals surface area (Å²) in [6.07, 6.45) is 1.37. The number of hydrogen-bond donors (Lipinski definition) is 1. The third-order valence-electron chi connectivity index (χ3n) is 2.25. The van der Waals surface area contributed by atoms with Crippen LogP contribution in [-0.2, 0) is 4.79 Å². The van der Waals surface area contributed by atoms with Gasteiger partial charge < -0.3 is 10.5 Å². The van der Waals surface area contributed by atoms with Crippen LogP contribution in [0, 0.1) is 11.0 Å². The maximum Gasteiger partial charge on any atom is 0.251 e. The van der Waals surface area contributed by atoms with Crippen LogP contribution < -0.4 is 10.0 Å². The van der Waals surface area contributed by atoms with Gasteiger partial charge in [-0.1, -0.05) is 6.07 Å². The quantitative estimate of drug-likeness (QED) is 0.530. The van der Waals surface area contributed by atoms with Gasteiger partial charge >= 0.3 is 0 Å². The summed E-state index contributed by atoms with van der Waals surface area (Å²) in [6.45, 7) is 0. The molecule has 1 amide bonds. The van der Waals surface area contributed by atoms with Gasteiger partial charge in [0, 0.05) is 17.8 Å². The molecule has 1 heterocycles. The van der Waals surface area contributed by atoms with E-state index < -0.39 is 5.82 Å². The van der Waals surface area contributed by atoms with E-state index in [1.54, 1.807) is 24.3 Å². The molecule has 0 unspecified atom stereocenters. The molecule has 6 heteroatoms. The molecular formula is C13H11FN2O2S. The highest BCUT2D eigenvalue weighted by Crippen LogP contribution is 2.14. The Kier molecular flexibility index (Phi) is 4.35. The van der Waals surface area contributed by atoms with Crippen molar-refractivity contribution in [3.63, 3.8) is 0 Å². The normalized spacial score (nSPS) is 10.2. The van der Waals surface area contributed by atoms with Crippen molar-refractivity contribution < 1.29 is 13.9 Å². The molecule has 4 nitrogen and oxygen atoms in total. The Labute approximate surface area is 113 Å². The van der Waals surface area contributed by atoms with Crippen LogP contribution in [0.1, 0.15) is 0 Å². The second kappa shape index (κ2) is 6.19. The molecule has 0 aliphatic rings. The molecule has 19 heavy (non-hydrogen) atoms. The molecule has 1 N–H and O–H groups in total. The van der Waals surface area contributed by atoms with Crippen LogP contribution in [-0.4, -0.2) is 11.7 Å². The van der Waals surface area contributed by atoms with Gasteiger partial charge in [0.1, 0.15) is 5.82 Å². The summed E-state index contributed by atoms with van der Waals surface area (Å²) in [6, 6.07) is 10.6. The van der Waals surface area contributed by atoms with Crippen molar-refractivity contribution in [1.29, 1.82) is 0 Å². The Morgan fingerprint density at radius 1 is 1.32 bits per heavy atom. The number of halogens is 1. The number of benzene rings is 1. The third-order valence-corrected chi connectivity index (χ3v) is 3.27. The highest BCUT2D eigenvalue weighted by Gasteiger charge is 2.09. The van der Waals surface area contributed by atoms with Gasteiger partial charge in [0.25, 0.3) is 5.03 Å². The highest BCUT2D eigenvalue weighted by atomic mass is 32.2. The average molecular weight is 278 g/mol. The van der Waals surface area contributed by atoms with E-state index in [4.69, 9.17) is 0 Å². The van der Waals surface area contributed by atoms with Crippen LogP contribution in [0.3, 0.4) is 0 Å². The zero-order valence-electron chi connectivity index (χ0n) is 9.88. The molecule has 0 fully saturated rings. The molecule has 2 aromatic rings. The van der Waals surface area contributed by atoms with Crippen molar-refractivity contribution in [1.82, 2.24) is 0 Å². The Balaban J connectivity index is 1.90. The monoisotopic (exact) mass is 278 g/mol. The summed E-state index contributed by atoms with van der Waals surface area (Å²) < 4.78 is 13.6. The number of carbonyl (C=O) groups is 1. The number of hydrogen-bond acceptors (Lipinski definition) is 3. The molecule has 0 atom stereocenters. The minimum absolute atomic E-state index is 0.0861. The van der Waals surface area contributed by atoms with Crippen LogP contribution >= 0.6 is 11.8 Å². The molecule has 0 bridgehead atoms. The molecule has 98 valence electrons. The number of rotatable bonds is 4. The van der Waals surface area contributed by atoms with Gasteiger partial charge in [0.05, 0.1) is 5.75 Å². The van der Waals surface area contributed by atoms with E-state index in [2.05, 4.69) is 5.32 Å². The number of carbonyl (C=O) groups excluding carboxylic acids is 1. The van der Waals surface area contributed by atoms with Crippen molar-refractivity contribution in [3.8, 4) is 0 Å². The first-order chi connectivity index (χ1) is 9.15. The summed E-state index contributed by atoms with van der Waals surface area (Å²) in [5, 5.41) is 14.4. The standard InChI is InChI=1S/C13H11FN2O2S/c14-10-4-3-5-11(8-10)15-12(17)9-19-13-6-1-2-7-16(13)18/h1-8H,9H2,(H,15,17). The number of pyridine rings is 1. The zero-order valence-corrected chi connectivity index (χ0v) is 10.7. The van der Waals surface area contributed by atoms with E-state index in [9.17, 15) is 14.4 Å². The van der Waals surface area contributed by atoms with Gasteiger partial charge in [-0.15, -0.1) is 0 Å². The molecule has 1 aromatic heterocycles. The van der Waals surface area contributed by atoms with Gasteiger partial charge in [0.15, 0.2) is 6.20 Å². The lowest BCUT2D eigenvalue weighted by atomic mass is 10.3. The summed E-state index contributed by atoms with van der Waals surface area (Å²) in [7, 11) is 0. The van der Waals surface area contributed by atoms with Crippen LogP contribution in [0.4, 0.5) is 10.1 Å². The first-order valence-corrected chi connectivity index (χ1v) is 6.50. The molecule has 0 saturated carbocycles. The van der Waals surface area contributed by atoms with Crippen molar-refractivity contribution in [3.05, 3.63) is 59.7 Å². The largest absolute Gasteiger partial charge is 0.618 e. The molecule has 0 radical (unpaired) electrons. The van der Waals surface area contributed by atoms with Gasteiger partial charge in [0.2, 0.25) is 5.91 Å². The van der Waals surface area contributed by atoms with Crippen LogP contribution in [0.2, 0.25) is 0 Å². The van der Waals surface area contributed by atoms with Crippen LogP contribution in [0.15, 0.2) is 53.7 Å². The number of nitrogens with zero attached hydrogens (tertiary/aromatic N) is 1. The summed E-state index contributed by atoms with van der Waals surface area (Å²) in [4.78, 5) is 11.6. The lowest BCUT2D eigenvalue weighted by molar-refractivity contribution is -0.645. The Bertz CT molecular complexity index is 592. The Hall–Kier alpha value is -2.08. The summed E-state index contributed by atoms with van der Waals surface area (Å²) >= 11 is 1.12. The molecular weight excluding hydrogens is 267 g/mol. The maximum absolute atomic E-state index is 12.9. The second-order valence-corrected chi connectivity index (χ2v) is 4.71. The molecule has 2 rings (SSSR count). The van der Waals surface area contributed by atoms with Crippen molar-refractivity contribution in [2.75, 3.05) is 11.1 Å². The fraction of sp³-hybridized carbons (Fsp3) is 0.0769. The van der Waals surface area contributed by atoms with Gasteiger partial charge in [-0.3, -0.25) is 4.79 Å². The minimum Gasteiger partial charge on any atom is -0.618 e. The van der Waals surface area contributed by atoms with Gasteiger partial charge in [-0.2, -0.15) is 4.73 Å². The SMILES string of the molecule is O=C(CSc1cccc[n+]1[O-])Nc1cccc(F)c1. The molecule has 0 saturated heterocycles. The average Bonchev–Trinajstić information content (AvgIpc) is 2.38. The van der Waals surface area contributed by atoms with Gasteiger partial charge in [-0.05, 0) is 36.0 Å². The zero-order chi connectivity index (χ0) is 13.7. The number of anilines is 1. The number of aromatic nitrogens is 1. The molecule has 0 aliphatic heterocycles. The molecule has 1 aromatic carbocycles. The molecule has 0 spiro atoms. The lowest BCUT2D eigenvalue weighted by Crippen LogP contribution is -2.28. The molecule has 0 aliphatic carbocycles. The predicted octanol–water partition coefficient (Wildman–Crippen LogP) is 2.19. The highest BCUT2D eigenvalue weighted by molar-refractivity contribution is 7.99. The van der Waals surface area contributed by atoms with Gasteiger partial charge in [-0.25, -0.2) is 4.39 Å². The van der Waals surface area contributed by atoms with Crippen LogP contribution in [0.25, 0.3) is 0 Å². The topological polar surface area (TPSA) is 56.0 Å². The van der Waals surface area contributed by atoms with E-state index >= 15 is 0 Å². The second-order valence-electron chi connectivity index (χ2n) is 3.71. The van der Waals surface area contributed by atoms with E-state index in [0.717, 1.165) is 11.8 Å². The Morgan fingerprint density at radius 3 is 2.89 bits per heavy atom. The van der Waals surface area contributed by atoms with Crippen molar-refractivity contribution in [2.45, 2.75) is 5.03 Å². The van der Waals surface area contributed by atoms with E-state index in [0.29, 0.717) is 15.4 Å². The first-order valence-electron chi connectivity index (χ1n) is 5.51. The number of thioether (sulfide) groups is 1. The first kappa shape index (κ1) is 13.4. The van der Waals surface area contributed by atoms with Crippen molar-refractivity contribution >= 4 is 23.4 Å². The maximum atomic E-state index is 12.9. The lowest BCUT2D eigenvalue weighted by Gasteiger charge is -2.05. The van der Waals surface area contributed by atoms with Crippen molar-refractivity contribution in [2.24, 2.45) is 0 Å². The van der Waals surface area contributed by atoms with E-state index in [-0.39, 0.29) is 11.7 Å². The smallest absolute Gasteiger partial charge is 0.251 e. The Morgan fingerprint density at radius 2 is 2.16 bits per heavy atom. The fourth-order valence-electron chi connectivity index (χ4n) is 1.43. The summed E-state index contributed by atoms with van der Waals surface area (Å²) in [5.74, 6) is -0.617. The number of amides is 1. The fourth-order valence-corrected chi connectivity index (χ4v) is 2.14. The minimum atomic E-state index is -0.411. The van der Waals surface area contributed by atoms with E-state index in [1.165, 1.54) is 24.4 Å². The van der Waals surface area contributed by atoms with Crippen LogP contribution in [0.5, 0.6) is 0 Å². The van der Waals surface area contributed by atoms with E-state index in [1.807, 2.05) is 0 Å². The summed E-state index contributed by atoms with van der Waals surface area (Å²) in [5.41, 5.74) is 0.397.